The van der Waals surface area contributed by atoms with E-state index in [-0.39, 0.29) is 0 Å². The van der Waals surface area contributed by atoms with Crippen molar-refractivity contribution in [2.75, 3.05) is 15.6 Å². The van der Waals surface area contributed by atoms with Crippen molar-refractivity contribution in [3.05, 3.63) is 242 Å². The van der Waals surface area contributed by atoms with Gasteiger partial charge in [0.25, 0.3) is 0 Å². The van der Waals surface area contributed by atoms with E-state index in [0.29, 0.717) is 5.82 Å². The number of nitrogens with zero attached hydrogens (tertiary/aromatic N) is 3. The fourth-order valence-corrected chi connectivity index (χ4v) is 11.2. The van der Waals surface area contributed by atoms with E-state index in [9.17, 15) is 0 Å². The van der Waals surface area contributed by atoms with Crippen molar-refractivity contribution in [2.45, 2.75) is 51.4 Å². The highest BCUT2D eigenvalue weighted by molar-refractivity contribution is 7.80. The highest BCUT2D eigenvalue weighted by atomic mass is 32.1. The minimum Gasteiger partial charge on any atom is -0.385 e. The Kier molecular flexibility index (Phi) is 14.0. The number of hydrogen-bond acceptors (Lipinski definition) is 5. The van der Waals surface area contributed by atoms with Crippen LogP contribution in [0.25, 0.3) is 65.7 Å². The molecule has 11 aromatic rings. The maximum absolute atomic E-state index is 6.40. The minimum atomic E-state index is 0.410. The first-order chi connectivity index (χ1) is 36.1. The van der Waals surface area contributed by atoms with Crippen LogP contribution in [0.3, 0.4) is 0 Å². The third-order valence-corrected chi connectivity index (χ3v) is 14.7. The van der Waals surface area contributed by atoms with Crippen LogP contribution in [0.2, 0.25) is 0 Å². The van der Waals surface area contributed by atoms with Crippen LogP contribution in [-0.2, 0) is 0 Å². The molecule has 0 fully saturated rings. The molecule has 0 aliphatic heterocycles. The molecule has 10 aromatic carbocycles. The van der Waals surface area contributed by atoms with Crippen LogP contribution in [0.15, 0.2) is 236 Å². The van der Waals surface area contributed by atoms with Gasteiger partial charge in [0.1, 0.15) is 0 Å². The molecule has 0 atom stereocenters. The van der Waals surface area contributed by atoms with Crippen LogP contribution in [0.4, 0.5) is 34.1 Å². The predicted molar refractivity (Wildman–Crippen MR) is 317 cm³/mol. The van der Waals surface area contributed by atoms with Crippen LogP contribution >= 0.6 is 12.6 Å². The van der Waals surface area contributed by atoms with Gasteiger partial charge >= 0.3 is 0 Å². The molecule has 1 heterocycles. The quantitative estimate of drug-likeness (QED) is 0.0455. The topological polar surface area (TPSA) is 63.5 Å². The molecule has 5 nitrogen and oxygen atoms in total. The SMILES string of the molecule is NC(N)=C(CCCCCCCCCS)c1ccc(-c2c3ccccc3c(-n3c4ccc(N(c5ccccc5)c5ccccc5)cc4c4cc(N(c5ccccc5)c5ccccc5)ccc43)c3ccccc23)cc1. The highest BCUT2D eigenvalue weighted by Gasteiger charge is 2.24. The predicted octanol–water partition coefficient (Wildman–Crippen LogP) is 18.3. The number of para-hydroxylation sites is 4. The minimum absolute atomic E-state index is 0.410. The van der Waals surface area contributed by atoms with Crippen molar-refractivity contribution in [3.63, 3.8) is 0 Å². The van der Waals surface area contributed by atoms with Crippen LogP contribution in [0, 0.1) is 0 Å². The zero-order valence-corrected chi connectivity index (χ0v) is 42.1. The number of nitrogens with two attached hydrogens (primary N) is 2. The van der Waals surface area contributed by atoms with Gasteiger partial charge in [-0.05, 0) is 143 Å². The summed E-state index contributed by atoms with van der Waals surface area (Å²) in [5.41, 5.74) is 27.2. The van der Waals surface area contributed by atoms with Gasteiger partial charge in [0.2, 0.25) is 0 Å². The van der Waals surface area contributed by atoms with Gasteiger partial charge in [-0.15, -0.1) is 0 Å². The molecule has 0 aliphatic carbocycles. The molecular formula is C67H61N5S. The summed E-state index contributed by atoms with van der Waals surface area (Å²) in [6.45, 7) is 0. The summed E-state index contributed by atoms with van der Waals surface area (Å²) < 4.78 is 2.52. The summed E-state index contributed by atoms with van der Waals surface area (Å²) >= 11 is 4.37. The van der Waals surface area contributed by atoms with Crippen molar-refractivity contribution in [1.82, 2.24) is 4.57 Å². The average Bonchev–Trinajstić information content (AvgIpc) is 3.76. The second-order valence-electron chi connectivity index (χ2n) is 19.0. The van der Waals surface area contributed by atoms with E-state index < -0.39 is 0 Å². The number of aromatic nitrogens is 1. The number of allylic oxidation sites excluding steroid dienone is 1. The first kappa shape index (κ1) is 47.2. The Morgan fingerprint density at radius 2 is 0.753 bits per heavy atom. The van der Waals surface area contributed by atoms with Gasteiger partial charge in [-0.1, -0.05) is 178 Å². The van der Waals surface area contributed by atoms with Crippen molar-refractivity contribution in [2.24, 2.45) is 11.5 Å². The number of benzene rings is 10. The number of unbranched alkanes of at least 4 members (excludes halogenated alkanes) is 6. The Balaban J connectivity index is 1.09. The normalized spacial score (nSPS) is 11.4. The van der Waals surface area contributed by atoms with Gasteiger partial charge in [-0.3, -0.25) is 0 Å². The van der Waals surface area contributed by atoms with Gasteiger partial charge in [-0.2, -0.15) is 12.6 Å². The maximum atomic E-state index is 6.40. The first-order valence-corrected chi connectivity index (χ1v) is 26.5. The molecule has 0 aliphatic rings. The van der Waals surface area contributed by atoms with Gasteiger partial charge in [0.15, 0.2) is 0 Å². The Morgan fingerprint density at radius 3 is 1.16 bits per heavy atom. The summed E-state index contributed by atoms with van der Waals surface area (Å²) in [6.07, 6.45) is 9.36. The van der Waals surface area contributed by atoms with Gasteiger partial charge in [0, 0.05) is 55.7 Å². The Labute approximate surface area is 435 Å². The molecule has 73 heavy (non-hydrogen) atoms. The number of rotatable bonds is 18. The molecule has 11 rings (SSSR count). The van der Waals surface area contributed by atoms with E-state index in [1.165, 1.54) is 65.6 Å². The van der Waals surface area contributed by atoms with Gasteiger partial charge < -0.3 is 25.8 Å². The molecule has 0 saturated heterocycles. The van der Waals surface area contributed by atoms with Crippen molar-refractivity contribution >= 4 is 95.7 Å². The molecular weight excluding hydrogens is 907 g/mol. The summed E-state index contributed by atoms with van der Waals surface area (Å²) in [5, 5.41) is 7.05. The maximum Gasteiger partial charge on any atom is 0.0972 e. The summed E-state index contributed by atoms with van der Waals surface area (Å²) in [6, 6.07) is 83.4. The van der Waals surface area contributed by atoms with Crippen LogP contribution in [0.5, 0.6) is 0 Å². The van der Waals surface area contributed by atoms with Crippen LogP contribution < -0.4 is 21.3 Å². The molecule has 360 valence electrons. The molecule has 0 bridgehead atoms. The first-order valence-electron chi connectivity index (χ1n) is 25.9. The van der Waals surface area contributed by atoms with E-state index in [2.05, 4.69) is 258 Å². The van der Waals surface area contributed by atoms with E-state index in [0.717, 1.165) is 96.9 Å². The summed E-state index contributed by atoms with van der Waals surface area (Å²) in [4.78, 5) is 4.71. The molecule has 0 unspecified atom stereocenters. The lowest BCUT2D eigenvalue weighted by Crippen LogP contribution is -2.11. The number of hydrogen-bond donors (Lipinski definition) is 3. The lowest BCUT2D eigenvalue weighted by molar-refractivity contribution is 0.595. The average molecular weight is 968 g/mol. The zero-order chi connectivity index (χ0) is 49.5. The van der Waals surface area contributed by atoms with Crippen molar-refractivity contribution in [3.8, 4) is 16.8 Å². The summed E-state index contributed by atoms with van der Waals surface area (Å²) in [5.74, 6) is 1.38. The van der Waals surface area contributed by atoms with Crippen molar-refractivity contribution < 1.29 is 0 Å². The largest absolute Gasteiger partial charge is 0.385 e. The standard InChI is InChI=1S/C67H61N5S/c68-67(69)56(32-18-4-2-1-3-5-23-45-73)48-37-39-49(40-38-48)65-57-33-19-21-35-59(57)66(60-36-22-20-34-58(60)65)72-63-43-41-54(70(50-24-10-6-11-25-50)51-26-12-7-13-27-51)46-61(63)62-47-55(42-44-64(62)72)71(52-28-14-8-15-29-52)53-30-16-9-17-31-53/h6-17,19-22,24-31,33-44,46-47,73H,1-5,18,23,32,45,68-69H2. The number of fused-ring (bicyclic) bond motifs is 5. The number of anilines is 6. The van der Waals surface area contributed by atoms with E-state index in [1.54, 1.807) is 0 Å². The highest BCUT2D eigenvalue weighted by Crippen LogP contribution is 2.47. The fraction of sp³-hybridized carbons (Fsp3) is 0.134. The smallest absolute Gasteiger partial charge is 0.0972 e. The summed E-state index contributed by atoms with van der Waals surface area (Å²) in [7, 11) is 0. The molecule has 0 saturated carbocycles. The third kappa shape index (κ3) is 9.55. The fourth-order valence-electron chi connectivity index (χ4n) is 11.0. The van der Waals surface area contributed by atoms with Crippen molar-refractivity contribution in [1.29, 1.82) is 0 Å². The Hall–Kier alpha value is -8.19. The van der Waals surface area contributed by atoms with Crippen LogP contribution in [-0.4, -0.2) is 10.3 Å². The zero-order valence-electron chi connectivity index (χ0n) is 41.2. The van der Waals surface area contributed by atoms with Crippen LogP contribution in [0.1, 0.15) is 56.9 Å². The second kappa shape index (κ2) is 21.7. The Morgan fingerprint density at radius 1 is 0.370 bits per heavy atom. The molecule has 0 spiro atoms. The third-order valence-electron chi connectivity index (χ3n) is 14.4. The number of thiol groups is 1. The lowest BCUT2D eigenvalue weighted by Gasteiger charge is -2.26. The molecule has 4 N–H and O–H groups in total. The molecule has 6 heteroatoms. The van der Waals surface area contributed by atoms with E-state index in [4.69, 9.17) is 11.5 Å². The Bertz CT molecular complexity index is 3400. The molecule has 1 aromatic heterocycles. The molecule has 0 amide bonds. The van der Waals surface area contributed by atoms with E-state index in [1.807, 2.05) is 0 Å². The molecule has 0 radical (unpaired) electrons. The van der Waals surface area contributed by atoms with Gasteiger partial charge in [-0.25, -0.2) is 0 Å². The lowest BCUT2D eigenvalue weighted by atomic mass is 9.89. The monoisotopic (exact) mass is 967 g/mol. The van der Waals surface area contributed by atoms with E-state index >= 15 is 0 Å². The van der Waals surface area contributed by atoms with Gasteiger partial charge in [0.05, 0.1) is 22.5 Å². The second-order valence-corrected chi connectivity index (χ2v) is 19.5.